The van der Waals surface area contributed by atoms with Crippen molar-refractivity contribution in [1.82, 2.24) is 20.1 Å². The molecule has 1 aromatic heterocycles. The molecule has 1 saturated carbocycles. The zero-order valence-corrected chi connectivity index (χ0v) is 20.6. The number of ether oxygens (including phenoxy) is 1. The van der Waals surface area contributed by atoms with Crippen molar-refractivity contribution in [2.75, 3.05) is 18.4 Å². The first-order chi connectivity index (χ1) is 17.8. The smallest absolute Gasteiger partial charge is 0.291 e. The van der Waals surface area contributed by atoms with Crippen LogP contribution in [0.4, 0.5) is 10.1 Å². The summed E-state index contributed by atoms with van der Waals surface area (Å²) < 4.78 is 20.9. The standard InChI is InChI=1S/C27H27FN6O3/c1-15-10-21(15)26(35)31-20-5-3-4-17(12-20)18-6-7-23(19(11-18)13-29)37-24-8-9-34(14-22(24)28)27(36)25-30-16(2)32-33-25/h3-7,11-12,15,21-22,24H,8-10,14H2,1-2H3,(H,31,35)(H,30,32,33)/t15?,21?,22-,24+/m1/s1. The molecular formula is C27H27FN6O3. The third-order valence-electron chi connectivity index (χ3n) is 6.86. The van der Waals surface area contributed by atoms with Gasteiger partial charge in [-0.3, -0.25) is 14.7 Å². The highest BCUT2D eigenvalue weighted by Gasteiger charge is 2.39. The van der Waals surface area contributed by atoms with Crippen molar-refractivity contribution in [1.29, 1.82) is 5.26 Å². The van der Waals surface area contributed by atoms with E-state index in [0.29, 0.717) is 24.0 Å². The molecule has 2 amide bonds. The summed E-state index contributed by atoms with van der Waals surface area (Å²) >= 11 is 0. The van der Waals surface area contributed by atoms with Gasteiger partial charge in [0.2, 0.25) is 11.7 Å². The number of H-pyrrole nitrogens is 1. The highest BCUT2D eigenvalue weighted by atomic mass is 19.1. The van der Waals surface area contributed by atoms with Gasteiger partial charge in [-0.25, -0.2) is 9.37 Å². The van der Waals surface area contributed by atoms with E-state index in [-0.39, 0.29) is 41.9 Å². The number of anilines is 1. The van der Waals surface area contributed by atoms with Crippen LogP contribution in [0.2, 0.25) is 0 Å². The minimum Gasteiger partial charge on any atom is -0.486 e. The minimum atomic E-state index is -1.43. The van der Waals surface area contributed by atoms with E-state index in [1.165, 1.54) is 4.90 Å². The number of amides is 2. The number of benzene rings is 2. The maximum atomic E-state index is 15.0. The highest BCUT2D eigenvalue weighted by molar-refractivity contribution is 5.95. The number of nitrogens with one attached hydrogen (secondary N) is 2. The number of aromatic amines is 1. The van der Waals surface area contributed by atoms with Crippen molar-refractivity contribution < 1.29 is 18.7 Å². The van der Waals surface area contributed by atoms with Crippen LogP contribution >= 0.6 is 0 Å². The summed E-state index contributed by atoms with van der Waals surface area (Å²) in [6.45, 7) is 3.87. The van der Waals surface area contributed by atoms with Crippen molar-refractivity contribution >= 4 is 17.5 Å². The number of alkyl halides is 1. The van der Waals surface area contributed by atoms with Crippen molar-refractivity contribution in [2.24, 2.45) is 11.8 Å². The molecule has 1 aliphatic carbocycles. The van der Waals surface area contributed by atoms with Crippen LogP contribution in [0.5, 0.6) is 5.75 Å². The second-order valence-electron chi connectivity index (χ2n) is 9.66. The molecule has 5 rings (SSSR count). The fourth-order valence-electron chi connectivity index (χ4n) is 4.55. The van der Waals surface area contributed by atoms with Gasteiger partial charge in [-0.15, -0.1) is 0 Å². The Hall–Kier alpha value is -4.26. The summed E-state index contributed by atoms with van der Waals surface area (Å²) in [7, 11) is 0. The number of rotatable bonds is 6. The lowest BCUT2D eigenvalue weighted by Gasteiger charge is -2.34. The van der Waals surface area contributed by atoms with Crippen LogP contribution in [0.1, 0.15) is 41.8 Å². The lowest BCUT2D eigenvalue weighted by molar-refractivity contribution is -0.117. The van der Waals surface area contributed by atoms with E-state index in [4.69, 9.17) is 4.74 Å². The number of carbonyl (C=O) groups excluding carboxylic acids is 2. The minimum absolute atomic E-state index is 0.0237. The molecule has 2 aliphatic rings. The molecule has 2 fully saturated rings. The van der Waals surface area contributed by atoms with Gasteiger partial charge in [-0.05, 0) is 54.7 Å². The number of halogens is 1. The number of piperidine rings is 1. The topological polar surface area (TPSA) is 124 Å². The molecule has 2 aromatic carbocycles. The molecule has 3 aromatic rings. The van der Waals surface area contributed by atoms with Gasteiger partial charge in [-0.1, -0.05) is 25.1 Å². The second-order valence-corrected chi connectivity index (χ2v) is 9.66. The van der Waals surface area contributed by atoms with E-state index < -0.39 is 18.2 Å². The third kappa shape index (κ3) is 5.31. The van der Waals surface area contributed by atoms with Crippen molar-refractivity contribution in [2.45, 2.75) is 39.0 Å². The van der Waals surface area contributed by atoms with Gasteiger partial charge >= 0.3 is 0 Å². The summed E-state index contributed by atoms with van der Waals surface area (Å²) in [6, 6.07) is 14.7. The Labute approximate surface area is 213 Å². The van der Waals surface area contributed by atoms with Gasteiger partial charge in [0.1, 0.15) is 23.7 Å². The number of aromatic nitrogens is 3. The van der Waals surface area contributed by atoms with E-state index in [1.54, 1.807) is 25.1 Å². The Bertz CT molecular complexity index is 1380. The maximum absolute atomic E-state index is 15.0. The molecule has 37 heavy (non-hydrogen) atoms. The molecule has 4 atom stereocenters. The predicted molar refractivity (Wildman–Crippen MR) is 133 cm³/mol. The van der Waals surface area contributed by atoms with E-state index >= 15 is 0 Å². The largest absolute Gasteiger partial charge is 0.486 e. The summed E-state index contributed by atoms with van der Waals surface area (Å²) in [4.78, 5) is 30.2. The number of aryl methyl sites for hydroxylation is 1. The SMILES string of the molecule is Cc1n[nH]c(C(=O)N2CC[C@H](Oc3ccc(-c4cccc(NC(=O)C5CC5C)c4)cc3C#N)[C@H](F)C2)n1. The van der Waals surface area contributed by atoms with Crippen molar-refractivity contribution in [3.8, 4) is 22.9 Å². The Morgan fingerprint density at radius 2 is 2.03 bits per heavy atom. The molecule has 0 bridgehead atoms. The maximum Gasteiger partial charge on any atom is 0.291 e. The fraction of sp³-hybridized carbons (Fsp3) is 0.370. The Morgan fingerprint density at radius 3 is 2.70 bits per heavy atom. The Morgan fingerprint density at radius 1 is 1.24 bits per heavy atom. The summed E-state index contributed by atoms with van der Waals surface area (Å²) in [6.07, 6.45) is -1.04. The third-order valence-corrected chi connectivity index (χ3v) is 6.86. The highest BCUT2D eigenvalue weighted by Crippen LogP contribution is 2.38. The first-order valence-electron chi connectivity index (χ1n) is 12.3. The average Bonchev–Trinajstić information content (AvgIpc) is 3.48. The molecule has 0 spiro atoms. The Kier molecular flexibility index (Phi) is 6.61. The van der Waals surface area contributed by atoms with Gasteiger partial charge in [0.25, 0.3) is 5.91 Å². The number of hydrogen-bond donors (Lipinski definition) is 2. The number of nitrogens with zero attached hydrogens (tertiary/aromatic N) is 4. The molecule has 10 heteroatoms. The molecule has 0 radical (unpaired) electrons. The second kappa shape index (κ2) is 10.0. The zero-order chi connectivity index (χ0) is 26.1. The van der Waals surface area contributed by atoms with Crippen molar-refractivity contribution in [3.63, 3.8) is 0 Å². The average molecular weight is 503 g/mol. The molecule has 190 valence electrons. The van der Waals surface area contributed by atoms with Gasteiger partial charge in [-0.2, -0.15) is 10.4 Å². The van der Waals surface area contributed by atoms with E-state index in [1.807, 2.05) is 24.3 Å². The molecule has 1 aliphatic heterocycles. The molecule has 9 nitrogen and oxygen atoms in total. The first kappa shape index (κ1) is 24.4. The predicted octanol–water partition coefficient (Wildman–Crippen LogP) is 3.88. The quantitative estimate of drug-likeness (QED) is 0.527. The normalized spacial score (nSPS) is 22.7. The molecular weight excluding hydrogens is 475 g/mol. The van der Waals surface area contributed by atoms with Gasteiger partial charge in [0.05, 0.1) is 12.1 Å². The monoisotopic (exact) mass is 502 g/mol. The number of hydrogen-bond acceptors (Lipinski definition) is 6. The van der Waals surface area contributed by atoms with Crippen LogP contribution < -0.4 is 10.1 Å². The number of nitriles is 1. The van der Waals surface area contributed by atoms with Crippen LogP contribution in [0.25, 0.3) is 11.1 Å². The molecule has 2 unspecified atom stereocenters. The first-order valence-corrected chi connectivity index (χ1v) is 12.3. The lowest BCUT2D eigenvalue weighted by atomic mass is 10.0. The summed E-state index contributed by atoms with van der Waals surface area (Å²) in [5.41, 5.74) is 2.59. The van der Waals surface area contributed by atoms with Crippen LogP contribution in [0.3, 0.4) is 0 Å². The fourth-order valence-corrected chi connectivity index (χ4v) is 4.55. The number of carbonyl (C=O) groups is 2. The van der Waals surface area contributed by atoms with Crippen LogP contribution in [0.15, 0.2) is 42.5 Å². The van der Waals surface area contributed by atoms with Crippen molar-refractivity contribution in [3.05, 3.63) is 59.7 Å². The van der Waals surface area contributed by atoms with Crippen LogP contribution in [0, 0.1) is 30.1 Å². The van der Waals surface area contributed by atoms with E-state index in [2.05, 4.69) is 33.5 Å². The molecule has 2 N–H and O–H groups in total. The molecule has 1 saturated heterocycles. The van der Waals surface area contributed by atoms with E-state index in [0.717, 1.165) is 17.5 Å². The summed E-state index contributed by atoms with van der Waals surface area (Å²) in [5, 5.41) is 19.1. The van der Waals surface area contributed by atoms with Crippen LogP contribution in [-0.4, -0.2) is 57.3 Å². The number of likely N-dealkylation sites (tertiary alicyclic amines) is 1. The lowest BCUT2D eigenvalue weighted by Crippen LogP contribution is -2.49. The van der Waals surface area contributed by atoms with E-state index in [9.17, 15) is 19.2 Å². The van der Waals surface area contributed by atoms with Crippen LogP contribution in [-0.2, 0) is 4.79 Å². The van der Waals surface area contributed by atoms with Gasteiger partial charge in [0.15, 0.2) is 6.17 Å². The molecule has 2 heterocycles. The summed E-state index contributed by atoms with van der Waals surface area (Å²) in [5.74, 6) is 0.914. The zero-order valence-electron chi connectivity index (χ0n) is 20.6. The van der Waals surface area contributed by atoms with Gasteiger partial charge in [0, 0.05) is 24.6 Å². The van der Waals surface area contributed by atoms with Gasteiger partial charge < -0.3 is 15.0 Å². The Balaban J connectivity index is 1.25.